The lowest BCUT2D eigenvalue weighted by Gasteiger charge is -2.34. The van der Waals surface area contributed by atoms with Crippen LogP contribution in [-0.4, -0.2) is 33.8 Å². The van der Waals surface area contributed by atoms with Gasteiger partial charge in [0.2, 0.25) is 0 Å². The first-order chi connectivity index (χ1) is 6.52. The van der Waals surface area contributed by atoms with E-state index in [0.29, 0.717) is 19.1 Å². The van der Waals surface area contributed by atoms with E-state index in [2.05, 4.69) is 4.72 Å². The Morgan fingerprint density at radius 2 is 2.00 bits per heavy atom. The van der Waals surface area contributed by atoms with Crippen LogP contribution in [0.2, 0.25) is 0 Å². The van der Waals surface area contributed by atoms with Crippen LogP contribution in [0, 0.1) is 5.92 Å². The van der Waals surface area contributed by atoms with Crippen molar-refractivity contribution in [3.63, 3.8) is 0 Å². The van der Waals surface area contributed by atoms with Gasteiger partial charge in [-0.25, -0.2) is 0 Å². The first kappa shape index (κ1) is 10.4. The molecule has 0 amide bonds. The highest BCUT2D eigenvalue weighted by Gasteiger charge is 2.44. The molecular formula is C8H15NO4S. The number of nitrogens with one attached hydrogen (secondary N) is 1. The molecule has 2 aliphatic rings. The van der Waals surface area contributed by atoms with E-state index in [4.69, 9.17) is 8.92 Å². The summed E-state index contributed by atoms with van der Waals surface area (Å²) in [6.45, 7) is 3.55. The third-order valence-corrected chi connectivity index (χ3v) is 4.14. The van der Waals surface area contributed by atoms with E-state index in [9.17, 15) is 8.42 Å². The molecular weight excluding hydrogens is 206 g/mol. The standard InChI is InChI=1S/C8H15NO4S/c1-8(6-13-14(10,11)9-8)7-2-4-12-5-3-7/h7,9H,2-6H2,1H3. The maximum Gasteiger partial charge on any atom is 0.336 e. The molecule has 0 aliphatic carbocycles. The van der Waals surface area contributed by atoms with Crippen molar-refractivity contribution in [3.05, 3.63) is 0 Å². The van der Waals surface area contributed by atoms with Crippen molar-refractivity contribution < 1.29 is 17.3 Å². The average molecular weight is 221 g/mol. The summed E-state index contributed by atoms with van der Waals surface area (Å²) in [7, 11) is -3.49. The molecule has 2 fully saturated rings. The predicted molar refractivity (Wildman–Crippen MR) is 50.0 cm³/mol. The lowest BCUT2D eigenvalue weighted by Crippen LogP contribution is -2.49. The summed E-state index contributed by atoms with van der Waals surface area (Å²) in [6.07, 6.45) is 1.78. The monoisotopic (exact) mass is 221 g/mol. The van der Waals surface area contributed by atoms with Crippen molar-refractivity contribution in [1.82, 2.24) is 4.72 Å². The molecule has 0 radical (unpaired) electrons. The van der Waals surface area contributed by atoms with Gasteiger partial charge in [0.05, 0.1) is 12.1 Å². The van der Waals surface area contributed by atoms with E-state index in [-0.39, 0.29) is 6.61 Å². The zero-order chi connectivity index (χ0) is 10.2. The Kier molecular flexibility index (Phi) is 2.55. The van der Waals surface area contributed by atoms with Crippen LogP contribution < -0.4 is 4.72 Å². The van der Waals surface area contributed by atoms with Gasteiger partial charge in [-0.3, -0.25) is 4.18 Å². The zero-order valence-electron chi connectivity index (χ0n) is 8.15. The molecule has 0 aromatic carbocycles. The van der Waals surface area contributed by atoms with E-state index < -0.39 is 15.8 Å². The van der Waals surface area contributed by atoms with E-state index in [0.717, 1.165) is 12.8 Å². The predicted octanol–water partition coefficient (Wildman–Crippen LogP) is 0.0363. The Hall–Kier alpha value is -0.170. The van der Waals surface area contributed by atoms with Gasteiger partial charge >= 0.3 is 10.3 Å². The fraction of sp³-hybridized carbons (Fsp3) is 1.00. The molecule has 0 aromatic heterocycles. The molecule has 1 unspecified atom stereocenters. The number of hydrogen-bond acceptors (Lipinski definition) is 4. The van der Waals surface area contributed by atoms with Crippen LogP contribution in [-0.2, 0) is 19.2 Å². The highest BCUT2D eigenvalue weighted by Crippen LogP contribution is 2.31. The van der Waals surface area contributed by atoms with E-state index >= 15 is 0 Å². The number of ether oxygens (including phenoxy) is 1. The second-order valence-electron chi connectivity index (χ2n) is 4.12. The summed E-state index contributed by atoms with van der Waals surface area (Å²) >= 11 is 0. The SMILES string of the molecule is CC1(C2CCOCC2)COS(=O)(=O)N1. The van der Waals surface area contributed by atoms with Crippen molar-refractivity contribution >= 4 is 10.3 Å². The van der Waals surface area contributed by atoms with Crippen LogP contribution in [0.5, 0.6) is 0 Å². The molecule has 0 saturated carbocycles. The number of rotatable bonds is 1. The maximum absolute atomic E-state index is 11.1. The summed E-state index contributed by atoms with van der Waals surface area (Å²) < 4.78 is 34.8. The summed E-state index contributed by atoms with van der Waals surface area (Å²) in [5.74, 6) is 0.313. The molecule has 82 valence electrons. The Morgan fingerprint density at radius 3 is 2.50 bits per heavy atom. The third kappa shape index (κ3) is 1.93. The maximum atomic E-state index is 11.1. The van der Waals surface area contributed by atoms with E-state index in [1.807, 2.05) is 6.92 Å². The lowest BCUT2D eigenvalue weighted by atomic mass is 9.82. The quantitative estimate of drug-likeness (QED) is 0.679. The smallest absolute Gasteiger partial charge is 0.336 e. The molecule has 5 nitrogen and oxygen atoms in total. The Bertz CT molecular complexity index is 309. The molecule has 14 heavy (non-hydrogen) atoms. The van der Waals surface area contributed by atoms with Gasteiger partial charge in [-0.2, -0.15) is 13.1 Å². The highest BCUT2D eigenvalue weighted by atomic mass is 32.2. The van der Waals surface area contributed by atoms with Gasteiger partial charge in [0.25, 0.3) is 0 Å². The van der Waals surface area contributed by atoms with Gasteiger partial charge in [-0.1, -0.05) is 0 Å². The van der Waals surface area contributed by atoms with Gasteiger partial charge in [0.1, 0.15) is 0 Å². The second-order valence-corrected chi connectivity index (χ2v) is 5.47. The van der Waals surface area contributed by atoms with Gasteiger partial charge in [0.15, 0.2) is 0 Å². The Morgan fingerprint density at radius 1 is 1.36 bits per heavy atom. The van der Waals surface area contributed by atoms with Crippen LogP contribution in [0.4, 0.5) is 0 Å². The molecule has 0 aromatic rings. The molecule has 2 heterocycles. The van der Waals surface area contributed by atoms with Crippen molar-refractivity contribution in [2.75, 3.05) is 19.8 Å². The van der Waals surface area contributed by atoms with Crippen LogP contribution in [0.25, 0.3) is 0 Å². The topological polar surface area (TPSA) is 64.6 Å². The normalized spacial score (nSPS) is 38.6. The van der Waals surface area contributed by atoms with E-state index in [1.54, 1.807) is 0 Å². The van der Waals surface area contributed by atoms with Crippen molar-refractivity contribution in [3.8, 4) is 0 Å². The number of hydrogen-bond donors (Lipinski definition) is 1. The molecule has 0 bridgehead atoms. The molecule has 2 rings (SSSR count). The second kappa shape index (κ2) is 3.44. The minimum absolute atomic E-state index is 0.236. The molecule has 1 atom stereocenters. The van der Waals surface area contributed by atoms with Crippen molar-refractivity contribution in [2.45, 2.75) is 25.3 Å². The highest BCUT2D eigenvalue weighted by molar-refractivity contribution is 7.85. The fourth-order valence-corrected chi connectivity index (χ4v) is 3.34. The summed E-state index contributed by atoms with van der Waals surface area (Å²) in [4.78, 5) is 0. The fourth-order valence-electron chi connectivity index (χ4n) is 2.08. The first-order valence-electron chi connectivity index (χ1n) is 4.78. The van der Waals surface area contributed by atoms with Crippen LogP contribution in [0.15, 0.2) is 0 Å². The third-order valence-electron chi connectivity index (χ3n) is 2.99. The Labute approximate surface area is 84.0 Å². The zero-order valence-corrected chi connectivity index (χ0v) is 8.97. The molecule has 2 aliphatic heterocycles. The Balaban J connectivity index is 2.09. The van der Waals surface area contributed by atoms with E-state index in [1.165, 1.54) is 0 Å². The molecule has 2 saturated heterocycles. The summed E-state index contributed by atoms with van der Waals surface area (Å²) in [5.41, 5.74) is -0.442. The lowest BCUT2D eigenvalue weighted by molar-refractivity contribution is 0.0345. The molecule has 1 N–H and O–H groups in total. The van der Waals surface area contributed by atoms with Gasteiger partial charge < -0.3 is 4.74 Å². The van der Waals surface area contributed by atoms with Crippen molar-refractivity contribution in [1.29, 1.82) is 0 Å². The molecule has 6 heteroatoms. The van der Waals surface area contributed by atoms with Crippen molar-refractivity contribution in [2.24, 2.45) is 5.92 Å². The van der Waals surface area contributed by atoms with Crippen LogP contribution >= 0.6 is 0 Å². The minimum Gasteiger partial charge on any atom is -0.381 e. The summed E-state index contributed by atoms with van der Waals surface area (Å²) in [5, 5.41) is 0. The largest absolute Gasteiger partial charge is 0.381 e. The van der Waals surface area contributed by atoms with Gasteiger partial charge in [-0.15, -0.1) is 0 Å². The summed E-state index contributed by atoms with van der Waals surface area (Å²) in [6, 6.07) is 0. The first-order valence-corrected chi connectivity index (χ1v) is 6.19. The van der Waals surface area contributed by atoms with Gasteiger partial charge in [-0.05, 0) is 25.7 Å². The minimum atomic E-state index is -3.49. The van der Waals surface area contributed by atoms with Gasteiger partial charge in [0, 0.05) is 13.2 Å². The van der Waals surface area contributed by atoms with Crippen LogP contribution in [0.1, 0.15) is 19.8 Å². The van der Waals surface area contributed by atoms with Crippen LogP contribution in [0.3, 0.4) is 0 Å². The average Bonchev–Trinajstić information content (AvgIpc) is 2.44. The molecule has 0 spiro atoms.